The topological polar surface area (TPSA) is 49.6 Å². The molecule has 1 aliphatic heterocycles. The Kier molecular flexibility index (Phi) is 3.21. The molecular weight excluding hydrogens is 214 g/mol. The lowest BCUT2D eigenvalue weighted by Gasteiger charge is -2.44. The fraction of sp³-hybridized carbons (Fsp3) is 0.923. The number of nitrogens with zero attached hydrogens (tertiary/aromatic N) is 2. The Morgan fingerprint density at radius 1 is 1.24 bits per heavy atom. The molecule has 2 fully saturated rings. The van der Waals surface area contributed by atoms with Crippen molar-refractivity contribution in [2.45, 2.75) is 51.2 Å². The molecular formula is C13H25N3O. The second kappa shape index (κ2) is 4.25. The first-order chi connectivity index (χ1) is 7.84. The van der Waals surface area contributed by atoms with Crippen LogP contribution in [0.1, 0.15) is 33.6 Å². The van der Waals surface area contributed by atoms with E-state index < -0.39 is 5.54 Å². The van der Waals surface area contributed by atoms with E-state index in [4.69, 9.17) is 5.73 Å². The number of likely N-dealkylation sites (N-methyl/N-ethyl adjacent to an activating group) is 1. The van der Waals surface area contributed by atoms with Crippen LogP contribution in [0.2, 0.25) is 0 Å². The van der Waals surface area contributed by atoms with Crippen LogP contribution in [0.4, 0.5) is 0 Å². The minimum Gasteiger partial charge on any atom is -0.338 e. The lowest BCUT2D eigenvalue weighted by Crippen LogP contribution is -2.62. The highest BCUT2D eigenvalue weighted by molar-refractivity contribution is 5.86. The molecule has 0 aromatic rings. The summed E-state index contributed by atoms with van der Waals surface area (Å²) in [7, 11) is 2.12. The van der Waals surface area contributed by atoms with Crippen molar-refractivity contribution in [2.24, 2.45) is 11.7 Å². The van der Waals surface area contributed by atoms with Crippen LogP contribution < -0.4 is 5.73 Å². The maximum atomic E-state index is 12.5. The van der Waals surface area contributed by atoms with Crippen LogP contribution in [-0.2, 0) is 4.79 Å². The molecule has 4 nitrogen and oxygen atoms in total. The number of rotatable bonds is 2. The molecule has 1 saturated carbocycles. The highest BCUT2D eigenvalue weighted by Gasteiger charge is 2.47. The molecule has 1 amide bonds. The number of hydrogen-bond donors (Lipinski definition) is 1. The van der Waals surface area contributed by atoms with Gasteiger partial charge in [-0.2, -0.15) is 0 Å². The number of hydrogen-bond acceptors (Lipinski definition) is 3. The first kappa shape index (κ1) is 12.8. The normalized spacial score (nSPS) is 34.5. The van der Waals surface area contributed by atoms with Crippen molar-refractivity contribution in [3.8, 4) is 0 Å². The van der Waals surface area contributed by atoms with E-state index in [1.807, 2.05) is 11.8 Å². The van der Waals surface area contributed by atoms with Crippen LogP contribution >= 0.6 is 0 Å². The highest BCUT2D eigenvalue weighted by Crippen LogP contribution is 2.39. The van der Waals surface area contributed by atoms with Crippen molar-refractivity contribution in [3.05, 3.63) is 0 Å². The van der Waals surface area contributed by atoms with Gasteiger partial charge in [0.15, 0.2) is 0 Å². The maximum Gasteiger partial charge on any atom is 0.242 e. The smallest absolute Gasteiger partial charge is 0.242 e. The molecule has 0 aromatic heterocycles. The Morgan fingerprint density at radius 2 is 1.71 bits per heavy atom. The summed E-state index contributed by atoms with van der Waals surface area (Å²) in [4.78, 5) is 16.8. The van der Waals surface area contributed by atoms with Crippen LogP contribution in [0.5, 0.6) is 0 Å². The Labute approximate surface area is 104 Å². The zero-order chi connectivity index (χ0) is 12.8. The van der Waals surface area contributed by atoms with Gasteiger partial charge in [-0.25, -0.2) is 0 Å². The van der Waals surface area contributed by atoms with Gasteiger partial charge in [-0.15, -0.1) is 0 Å². The van der Waals surface area contributed by atoms with Crippen LogP contribution in [-0.4, -0.2) is 53.5 Å². The molecule has 3 unspecified atom stereocenters. The van der Waals surface area contributed by atoms with Gasteiger partial charge in [-0.3, -0.25) is 9.69 Å². The number of carbonyl (C=O) groups is 1. The third-order valence-electron chi connectivity index (χ3n) is 4.53. The van der Waals surface area contributed by atoms with E-state index in [-0.39, 0.29) is 5.91 Å². The van der Waals surface area contributed by atoms with Crippen molar-refractivity contribution in [2.75, 3.05) is 20.1 Å². The van der Waals surface area contributed by atoms with E-state index >= 15 is 0 Å². The lowest BCUT2D eigenvalue weighted by molar-refractivity contribution is -0.141. The van der Waals surface area contributed by atoms with Gasteiger partial charge >= 0.3 is 0 Å². The molecule has 1 aliphatic carbocycles. The van der Waals surface area contributed by atoms with Crippen molar-refractivity contribution in [1.82, 2.24) is 9.80 Å². The van der Waals surface area contributed by atoms with Crippen molar-refractivity contribution in [1.29, 1.82) is 0 Å². The largest absolute Gasteiger partial charge is 0.338 e. The van der Waals surface area contributed by atoms with Gasteiger partial charge in [0.25, 0.3) is 0 Å². The molecule has 0 spiro atoms. The maximum absolute atomic E-state index is 12.5. The Balaban J connectivity index is 2.05. The average Bonchev–Trinajstić information content (AvgIpc) is 3.07. The summed E-state index contributed by atoms with van der Waals surface area (Å²) in [5.74, 6) is 0.548. The molecule has 2 rings (SSSR count). The number of nitrogens with two attached hydrogens (primary N) is 1. The third-order valence-corrected chi connectivity index (χ3v) is 4.53. The fourth-order valence-electron chi connectivity index (χ4n) is 2.77. The van der Waals surface area contributed by atoms with Gasteiger partial charge in [0.05, 0.1) is 5.54 Å². The highest BCUT2D eigenvalue weighted by atomic mass is 16.2. The first-order valence-electron chi connectivity index (χ1n) is 6.64. The Morgan fingerprint density at radius 3 is 2.12 bits per heavy atom. The summed E-state index contributed by atoms with van der Waals surface area (Å²) in [5.41, 5.74) is 5.57. The van der Waals surface area contributed by atoms with Crippen molar-refractivity contribution in [3.63, 3.8) is 0 Å². The fourth-order valence-corrected chi connectivity index (χ4v) is 2.77. The van der Waals surface area contributed by atoms with Crippen LogP contribution in [0.25, 0.3) is 0 Å². The van der Waals surface area contributed by atoms with Gasteiger partial charge in [0.2, 0.25) is 5.91 Å². The van der Waals surface area contributed by atoms with E-state index in [0.29, 0.717) is 18.0 Å². The molecule has 0 radical (unpaired) electrons. The summed E-state index contributed by atoms with van der Waals surface area (Å²) < 4.78 is 0. The minimum absolute atomic E-state index is 0.145. The van der Waals surface area contributed by atoms with E-state index in [9.17, 15) is 4.79 Å². The van der Waals surface area contributed by atoms with Crippen molar-refractivity contribution >= 4 is 5.91 Å². The Bertz CT molecular complexity index is 300. The average molecular weight is 239 g/mol. The summed E-state index contributed by atoms with van der Waals surface area (Å²) >= 11 is 0. The van der Waals surface area contributed by atoms with E-state index in [1.165, 1.54) is 0 Å². The van der Waals surface area contributed by atoms with E-state index in [0.717, 1.165) is 25.9 Å². The minimum atomic E-state index is -0.644. The van der Waals surface area contributed by atoms with E-state index in [1.54, 1.807) is 0 Å². The molecule has 0 aromatic carbocycles. The lowest BCUT2D eigenvalue weighted by atomic mass is 9.94. The van der Waals surface area contributed by atoms with Gasteiger partial charge < -0.3 is 10.6 Å². The summed E-state index contributed by atoms with van der Waals surface area (Å²) in [6.07, 6.45) is 2.22. The van der Waals surface area contributed by atoms with Gasteiger partial charge in [0.1, 0.15) is 0 Å². The molecule has 4 heteroatoms. The zero-order valence-electron chi connectivity index (χ0n) is 11.4. The quantitative estimate of drug-likeness (QED) is 0.770. The third kappa shape index (κ3) is 2.33. The predicted molar refractivity (Wildman–Crippen MR) is 68.6 cm³/mol. The van der Waals surface area contributed by atoms with E-state index in [2.05, 4.69) is 25.8 Å². The number of piperazine rings is 1. The molecule has 0 bridgehead atoms. The molecule has 1 heterocycles. The van der Waals surface area contributed by atoms with Crippen LogP contribution in [0.15, 0.2) is 0 Å². The SMILES string of the molecule is CC1CN(C(=O)C(C)(N)C2CC2)CC(C)N1C. The molecule has 1 saturated heterocycles. The molecule has 2 N–H and O–H groups in total. The van der Waals surface area contributed by atoms with Crippen LogP contribution in [0.3, 0.4) is 0 Å². The van der Waals surface area contributed by atoms with Crippen LogP contribution in [0, 0.1) is 5.92 Å². The van der Waals surface area contributed by atoms with Gasteiger partial charge in [-0.05, 0) is 46.6 Å². The molecule has 3 atom stereocenters. The molecule has 2 aliphatic rings. The van der Waals surface area contributed by atoms with Crippen molar-refractivity contribution < 1.29 is 4.79 Å². The molecule has 17 heavy (non-hydrogen) atoms. The van der Waals surface area contributed by atoms with Gasteiger partial charge in [0, 0.05) is 25.2 Å². The summed E-state index contributed by atoms with van der Waals surface area (Å²) in [6, 6.07) is 0.829. The Hall–Kier alpha value is -0.610. The summed E-state index contributed by atoms with van der Waals surface area (Å²) in [5, 5.41) is 0. The summed E-state index contributed by atoms with van der Waals surface area (Å²) in [6.45, 7) is 7.85. The number of amides is 1. The standard InChI is InChI=1S/C13H25N3O/c1-9-7-16(8-10(2)15(9)4)12(17)13(3,14)11-5-6-11/h9-11H,5-8,14H2,1-4H3. The second-order valence-electron chi connectivity index (χ2n) is 6.13. The molecule has 98 valence electrons. The van der Waals surface area contributed by atoms with Gasteiger partial charge in [-0.1, -0.05) is 0 Å². The zero-order valence-corrected chi connectivity index (χ0v) is 11.4. The first-order valence-corrected chi connectivity index (χ1v) is 6.64. The number of carbonyl (C=O) groups excluding carboxylic acids is 1. The monoisotopic (exact) mass is 239 g/mol. The predicted octanol–water partition coefficient (Wildman–Crippen LogP) is 0.665. The second-order valence-corrected chi connectivity index (χ2v) is 6.13.